The van der Waals surface area contributed by atoms with Crippen LogP contribution < -0.4 is 15.8 Å². The van der Waals surface area contributed by atoms with Crippen LogP contribution in [0.4, 0.5) is 5.69 Å². The molecule has 0 heterocycles. The van der Waals surface area contributed by atoms with Gasteiger partial charge in [-0.15, -0.1) is 12.4 Å². The summed E-state index contributed by atoms with van der Waals surface area (Å²) in [5, 5.41) is 3.64. The number of anilines is 1. The lowest BCUT2D eigenvalue weighted by Crippen LogP contribution is -2.31. The van der Waals surface area contributed by atoms with E-state index in [0.29, 0.717) is 16.3 Å². The molecule has 0 aromatic heterocycles. The normalized spacial score (nSPS) is 15.8. The summed E-state index contributed by atoms with van der Waals surface area (Å²) in [6, 6.07) is 10.9. The molecule has 0 saturated heterocycles. The van der Waals surface area contributed by atoms with Crippen molar-refractivity contribution < 1.29 is 9.53 Å². The second kappa shape index (κ2) is 7.77. The van der Waals surface area contributed by atoms with Crippen LogP contribution in [0, 0.1) is 0 Å². The van der Waals surface area contributed by atoms with Crippen LogP contribution in [-0.4, -0.2) is 13.0 Å². The van der Waals surface area contributed by atoms with Crippen molar-refractivity contribution >= 4 is 35.6 Å². The number of benzene rings is 2. The molecule has 24 heavy (non-hydrogen) atoms. The largest absolute Gasteiger partial charge is 0.496 e. The number of ether oxygens (including phenoxy) is 1. The van der Waals surface area contributed by atoms with Crippen LogP contribution in [0.25, 0.3) is 0 Å². The Hall–Kier alpha value is -1.91. The standard InChI is InChI=1S/C18H19ClN2O2.ClH/c1-23-17-10-12(19)5-7-15(17)18(22)21-16-4-2-3-11-9-13(20)6-8-14(11)16;/h5-10,16H,2-4,20H2,1H3,(H,21,22);1H. The number of hydrogen-bond donors (Lipinski definition) is 2. The molecule has 2 aromatic rings. The van der Waals surface area contributed by atoms with Crippen LogP contribution in [0.15, 0.2) is 36.4 Å². The maximum atomic E-state index is 12.6. The number of carbonyl (C=O) groups is 1. The van der Waals surface area contributed by atoms with Crippen LogP contribution in [0.2, 0.25) is 5.02 Å². The van der Waals surface area contributed by atoms with Crippen molar-refractivity contribution in [1.29, 1.82) is 0 Å². The van der Waals surface area contributed by atoms with Crippen molar-refractivity contribution in [2.45, 2.75) is 25.3 Å². The number of rotatable bonds is 3. The van der Waals surface area contributed by atoms with Crippen LogP contribution in [0.5, 0.6) is 5.75 Å². The molecule has 0 radical (unpaired) electrons. The smallest absolute Gasteiger partial charge is 0.255 e. The highest BCUT2D eigenvalue weighted by Gasteiger charge is 2.23. The van der Waals surface area contributed by atoms with Gasteiger partial charge in [0, 0.05) is 10.7 Å². The first kappa shape index (κ1) is 18.4. The van der Waals surface area contributed by atoms with E-state index < -0.39 is 0 Å². The fraction of sp³-hybridized carbons (Fsp3) is 0.278. The quantitative estimate of drug-likeness (QED) is 0.801. The van der Waals surface area contributed by atoms with Gasteiger partial charge >= 0.3 is 0 Å². The molecule has 0 bridgehead atoms. The number of hydrogen-bond acceptors (Lipinski definition) is 3. The number of aryl methyl sites for hydroxylation is 1. The number of carbonyl (C=O) groups excluding carboxylic acids is 1. The van der Waals surface area contributed by atoms with Crippen molar-refractivity contribution in [2.75, 3.05) is 12.8 Å². The molecule has 2 aromatic carbocycles. The number of halogens is 2. The summed E-state index contributed by atoms with van der Waals surface area (Å²) in [4.78, 5) is 12.6. The predicted molar refractivity (Wildman–Crippen MR) is 99.3 cm³/mol. The number of nitrogen functional groups attached to an aromatic ring is 1. The lowest BCUT2D eigenvalue weighted by Gasteiger charge is -2.27. The molecule has 1 aliphatic carbocycles. The van der Waals surface area contributed by atoms with Gasteiger partial charge in [-0.25, -0.2) is 0 Å². The van der Waals surface area contributed by atoms with Gasteiger partial charge in [-0.05, 0) is 60.7 Å². The van der Waals surface area contributed by atoms with Crippen molar-refractivity contribution in [2.24, 2.45) is 0 Å². The van der Waals surface area contributed by atoms with Crippen molar-refractivity contribution in [1.82, 2.24) is 5.32 Å². The Balaban J connectivity index is 0.00000208. The number of nitrogens with two attached hydrogens (primary N) is 1. The first-order chi connectivity index (χ1) is 11.1. The Morgan fingerprint density at radius 1 is 1.29 bits per heavy atom. The van der Waals surface area contributed by atoms with E-state index in [-0.39, 0.29) is 24.4 Å². The highest BCUT2D eigenvalue weighted by atomic mass is 35.5. The third-order valence-electron chi connectivity index (χ3n) is 4.19. The van der Waals surface area contributed by atoms with Gasteiger partial charge in [0.15, 0.2) is 0 Å². The Labute approximate surface area is 152 Å². The van der Waals surface area contributed by atoms with E-state index in [0.717, 1.165) is 30.5 Å². The first-order valence-electron chi connectivity index (χ1n) is 7.61. The van der Waals surface area contributed by atoms with Gasteiger partial charge in [-0.2, -0.15) is 0 Å². The van der Waals surface area contributed by atoms with Crippen LogP contribution in [0.3, 0.4) is 0 Å². The molecule has 0 fully saturated rings. The molecule has 1 unspecified atom stereocenters. The zero-order valence-corrected chi connectivity index (χ0v) is 14.9. The zero-order valence-electron chi connectivity index (χ0n) is 13.3. The highest BCUT2D eigenvalue weighted by Crippen LogP contribution is 2.32. The van der Waals surface area contributed by atoms with Gasteiger partial charge in [0.1, 0.15) is 5.75 Å². The fourth-order valence-electron chi connectivity index (χ4n) is 3.07. The number of amides is 1. The molecule has 3 N–H and O–H groups in total. The summed E-state index contributed by atoms with van der Waals surface area (Å²) in [5.41, 5.74) is 9.46. The summed E-state index contributed by atoms with van der Waals surface area (Å²) in [7, 11) is 1.53. The molecule has 0 spiro atoms. The topological polar surface area (TPSA) is 64.3 Å². The van der Waals surface area contributed by atoms with Crippen molar-refractivity contribution in [3.8, 4) is 5.75 Å². The Bertz CT molecular complexity index is 750. The average molecular weight is 367 g/mol. The van der Waals surface area contributed by atoms with Crippen LogP contribution >= 0.6 is 24.0 Å². The summed E-state index contributed by atoms with van der Waals surface area (Å²) in [5.74, 6) is 0.316. The van der Waals surface area contributed by atoms with Crippen molar-refractivity contribution in [3.63, 3.8) is 0 Å². The number of fused-ring (bicyclic) bond motifs is 1. The minimum Gasteiger partial charge on any atom is -0.496 e. The third-order valence-corrected chi connectivity index (χ3v) is 4.43. The second-order valence-corrected chi connectivity index (χ2v) is 6.16. The highest BCUT2D eigenvalue weighted by molar-refractivity contribution is 6.30. The molecular formula is C18H20Cl2N2O2. The lowest BCUT2D eigenvalue weighted by atomic mass is 9.87. The number of methoxy groups -OCH3 is 1. The molecule has 1 aliphatic rings. The molecule has 6 heteroatoms. The molecule has 128 valence electrons. The molecule has 1 amide bonds. The monoisotopic (exact) mass is 366 g/mol. The molecule has 3 rings (SSSR count). The fourth-order valence-corrected chi connectivity index (χ4v) is 3.23. The van der Waals surface area contributed by atoms with Gasteiger partial charge < -0.3 is 15.8 Å². The van der Waals surface area contributed by atoms with E-state index in [4.69, 9.17) is 22.1 Å². The molecular weight excluding hydrogens is 347 g/mol. The van der Waals surface area contributed by atoms with Gasteiger partial charge in [-0.3, -0.25) is 4.79 Å². The van der Waals surface area contributed by atoms with E-state index in [1.807, 2.05) is 18.2 Å². The van der Waals surface area contributed by atoms with Gasteiger partial charge in [0.25, 0.3) is 5.91 Å². The Kier molecular flexibility index (Phi) is 5.97. The van der Waals surface area contributed by atoms with E-state index in [9.17, 15) is 4.79 Å². The summed E-state index contributed by atoms with van der Waals surface area (Å²) < 4.78 is 5.26. The van der Waals surface area contributed by atoms with Gasteiger partial charge in [0.2, 0.25) is 0 Å². The average Bonchev–Trinajstić information content (AvgIpc) is 2.54. The van der Waals surface area contributed by atoms with E-state index in [1.54, 1.807) is 18.2 Å². The van der Waals surface area contributed by atoms with E-state index in [1.165, 1.54) is 12.7 Å². The summed E-state index contributed by atoms with van der Waals surface area (Å²) in [6.07, 6.45) is 2.94. The van der Waals surface area contributed by atoms with E-state index in [2.05, 4.69) is 5.32 Å². The zero-order chi connectivity index (χ0) is 16.4. The van der Waals surface area contributed by atoms with Crippen molar-refractivity contribution in [3.05, 3.63) is 58.1 Å². The van der Waals surface area contributed by atoms with Crippen LogP contribution in [0.1, 0.15) is 40.4 Å². The maximum Gasteiger partial charge on any atom is 0.255 e. The first-order valence-corrected chi connectivity index (χ1v) is 7.99. The molecule has 4 nitrogen and oxygen atoms in total. The van der Waals surface area contributed by atoms with E-state index >= 15 is 0 Å². The Morgan fingerprint density at radius 2 is 2.08 bits per heavy atom. The third kappa shape index (κ3) is 3.77. The molecule has 0 saturated carbocycles. The summed E-state index contributed by atoms with van der Waals surface area (Å²) >= 11 is 5.95. The number of nitrogens with one attached hydrogen (secondary N) is 1. The summed E-state index contributed by atoms with van der Waals surface area (Å²) in [6.45, 7) is 0. The van der Waals surface area contributed by atoms with Crippen LogP contribution in [-0.2, 0) is 6.42 Å². The maximum absolute atomic E-state index is 12.6. The molecule has 1 atom stereocenters. The van der Waals surface area contributed by atoms with Gasteiger partial charge in [0.05, 0.1) is 18.7 Å². The lowest BCUT2D eigenvalue weighted by molar-refractivity contribution is 0.0929. The predicted octanol–water partition coefficient (Wildman–Crippen LogP) is 4.16. The minimum absolute atomic E-state index is 0. The molecule has 0 aliphatic heterocycles. The second-order valence-electron chi connectivity index (χ2n) is 5.72. The Morgan fingerprint density at radius 3 is 2.83 bits per heavy atom. The SMILES string of the molecule is COc1cc(Cl)ccc1C(=O)NC1CCCc2cc(N)ccc21.Cl. The minimum atomic E-state index is -0.159. The van der Waals surface area contributed by atoms with Gasteiger partial charge in [-0.1, -0.05) is 17.7 Å².